The lowest BCUT2D eigenvalue weighted by Gasteiger charge is -2.33. The number of hydrogen-bond acceptors (Lipinski definition) is 4. The van der Waals surface area contributed by atoms with Gasteiger partial charge in [0, 0.05) is 26.3 Å². The molecule has 1 aromatic rings. The molecule has 0 unspecified atom stereocenters. The minimum atomic E-state index is -0.00394. The summed E-state index contributed by atoms with van der Waals surface area (Å²) < 4.78 is 0. The summed E-state index contributed by atoms with van der Waals surface area (Å²) in [5.41, 5.74) is 0.925. The first-order valence-corrected chi connectivity index (χ1v) is 6.82. The number of amides is 2. The highest BCUT2D eigenvalue weighted by Gasteiger charge is 2.29. The Morgan fingerprint density at radius 3 is 2.50 bits per heavy atom. The van der Waals surface area contributed by atoms with Gasteiger partial charge in [0.25, 0.3) is 0 Å². The van der Waals surface area contributed by atoms with E-state index in [1.165, 1.54) is 0 Å². The number of nitrogens with zero attached hydrogens (tertiary/aromatic N) is 3. The summed E-state index contributed by atoms with van der Waals surface area (Å²) in [5.74, 6) is 0.797. The second kappa shape index (κ2) is 6.36. The summed E-state index contributed by atoms with van der Waals surface area (Å²) in [6, 6.07) is 3.77. The first-order valence-electron chi connectivity index (χ1n) is 6.82. The fourth-order valence-corrected chi connectivity index (χ4v) is 2.21. The molecule has 1 saturated heterocycles. The molecule has 1 aliphatic heterocycles. The summed E-state index contributed by atoms with van der Waals surface area (Å²) in [5, 5.41) is 2.94. The number of carbonyl (C=O) groups is 2. The lowest BCUT2D eigenvalue weighted by atomic mass is 10.2. The predicted molar refractivity (Wildman–Crippen MR) is 76.1 cm³/mol. The van der Waals surface area contributed by atoms with Crippen molar-refractivity contribution in [1.29, 1.82) is 0 Å². The standard InChI is InChI=1S/C14H20N4O2/c1-3-6-17-9-14(20)18(10-13(17)19)8-11-4-5-12(15-2)16-7-11/h4-5,7H,3,6,8-10H2,1-2H3,(H,15,16). The first-order chi connectivity index (χ1) is 9.63. The fraction of sp³-hybridized carbons (Fsp3) is 0.500. The molecule has 0 aliphatic carbocycles. The highest BCUT2D eigenvalue weighted by molar-refractivity contribution is 5.92. The number of carbonyl (C=O) groups excluding carboxylic acids is 2. The molecule has 20 heavy (non-hydrogen) atoms. The van der Waals surface area contributed by atoms with Gasteiger partial charge in [0.2, 0.25) is 11.8 Å². The number of nitrogens with one attached hydrogen (secondary N) is 1. The quantitative estimate of drug-likeness (QED) is 0.860. The van der Waals surface area contributed by atoms with Gasteiger partial charge in [0.05, 0.1) is 6.54 Å². The number of piperazine rings is 1. The minimum Gasteiger partial charge on any atom is -0.373 e. The van der Waals surface area contributed by atoms with E-state index in [-0.39, 0.29) is 24.9 Å². The smallest absolute Gasteiger partial charge is 0.242 e. The fourth-order valence-electron chi connectivity index (χ4n) is 2.21. The van der Waals surface area contributed by atoms with E-state index >= 15 is 0 Å². The molecule has 1 fully saturated rings. The van der Waals surface area contributed by atoms with E-state index in [1.807, 2.05) is 19.1 Å². The SMILES string of the molecule is CCCN1CC(=O)N(Cc2ccc(NC)nc2)CC1=O. The third-order valence-electron chi connectivity index (χ3n) is 3.31. The van der Waals surface area contributed by atoms with Crippen molar-refractivity contribution in [3.05, 3.63) is 23.9 Å². The van der Waals surface area contributed by atoms with Gasteiger partial charge in [-0.3, -0.25) is 9.59 Å². The van der Waals surface area contributed by atoms with Crippen LogP contribution < -0.4 is 5.32 Å². The monoisotopic (exact) mass is 276 g/mol. The normalized spacial score (nSPS) is 15.7. The third-order valence-corrected chi connectivity index (χ3v) is 3.31. The highest BCUT2D eigenvalue weighted by atomic mass is 16.2. The third kappa shape index (κ3) is 3.26. The van der Waals surface area contributed by atoms with E-state index in [1.54, 1.807) is 23.0 Å². The van der Waals surface area contributed by atoms with Crippen molar-refractivity contribution in [3.63, 3.8) is 0 Å². The van der Waals surface area contributed by atoms with Crippen LogP contribution in [0.3, 0.4) is 0 Å². The van der Waals surface area contributed by atoms with Crippen LogP contribution in [-0.4, -0.2) is 53.3 Å². The molecule has 108 valence electrons. The molecule has 0 aromatic carbocycles. The Balaban J connectivity index is 1.99. The van der Waals surface area contributed by atoms with Crippen LogP contribution in [0.1, 0.15) is 18.9 Å². The van der Waals surface area contributed by atoms with Gasteiger partial charge < -0.3 is 15.1 Å². The molecule has 0 radical (unpaired) electrons. The molecule has 0 spiro atoms. The molecule has 2 amide bonds. The number of rotatable bonds is 5. The maximum Gasteiger partial charge on any atom is 0.242 e. The molecule has 0 saturated carbocycles. The van der Waals surface area contributed by atoms with Gasteiger partial charge in [-0.15, -0.1) is 0 Å². The van der Waals surface area contributed by atoms with Crippen molar-refractivity contribution in [2.75, 3.05) is 32.0 Å². The van der Waals surface area contributed by atoms with E-state index < -0.39 is 0 Å². The van der Waals surface area contributed by atoms with Gasteiger partial charge in [-0.25, -0.2) is 4.98 Å². The number of anilines is 1. The Bertz CT molecular complexity index is 486. The van der Waals surface area contributed by atoms with Crippen molar-refractivity contribution in [3.8, 4) is 0 Å². The molecule has 2 heterocycles. The van der Waals surface area contributed by atoms with Crippen LogP contribution >= 0.6 is 0 Å². The zero-order valence-corrected chi connectivity index (χ0v) is 11.9. The van der Waals surface area contributed by atoms with Gasteiger partial charge in [0.1, 0.15) is 12.4 Å². The van der Waals surface area contributed by atoms with E-state index in [9.17, 15) is 9.59 Å². The Labute approximate surface area is 118 Å². The maximum absolute atomic E-state index is 12.1. The van der Waals surface area contributed by atoms with E-state index in [2.05, 4.69) is 10.3 Å². The van der Waals surface area contributed by atoms with E-state index in [0.717, 1.165) is 17.8 Å². The molecule has 1 aliphatic rings. The topological polar surface area (TPSA) is 65.5 Å². The second-order valence-electron chi connectivity index (χ2n) is 4.87. The van der Waals surface area contributed by atoms with Crippen LogP contribution in [0.25, 0.3) is 0 Å². The van der Waals surface area contributed by atoms with E-state index in [0.29, 0.717) is 13.1 Å². The summed E-state index contributed by atoms with van der Waals surface area (Å²) in [7, 11) is 1.80. The Kier molecular flexibility index (Phi) is 4.55. The summed E-state index contributed by atoms with van der Waals surface area (Å²) in [6.07, 6.45) is 2.59. The van der Waals surface area contributed by atoms with Gasteiger partial charge in [-0.1, -0.05) is 13.0 Å². The van der Waals surface area contributed by atoms with Crippen LogP contribution in [0, 0.1) is 0 Å². The van der Waals surface area contributed by atoms with Crippen LogP contribution in [0.4, 0.5) is 5.82 Å². The van der Waals surface area contributed by atoms with Crippen molar-refractivity contribution >= 4 is 17.6 Å². The van der Waals surface area contributed by atoms with Gasteiger partial charge in [0.15, 0.2) is 0 Å². The molecule has 1 N–H and O–H groups in total. The first kappa shape index (κ1) is 14.3. The maximum atomic E-state index is 12.1. The van der Waals surface area contributed by atoms with Crippen LogP contribution in [0.2, 0.25) is 0 Å². The molecule has 2 rings (SSSR count). The molecule has 0 atom stereocenters. The van der Waals surface area contributed by atoms with Crippen LogP contribution in [0.15, 0.2) is 18.3 Å². The van der Waals surface area contributed by atoms with Crippen molar-refractivity contribution < 1.29 is 9.59 Å². The van der Waals surface area contributed by atoms with Crippen molar-refractivity contribution in [2.45, 2.75) is 19.9 Å². The molecule has 1 aromatic heterocycles. The molecule has 6 heteroatoms. The summed E-state index contributed by atoms with van der Waals surface area (Å²) in [6.45, 7) is 3.43. The van der Waals surface area contributed by atoms with Gasteiger partial charge >= 0.3 is 0 Å². The van der Waals surface area contributed by atoms with Crippen molar-refractivity contribution in [1.82, 2.24) is 14.8 Å². The lowest BCUT2D eigenvalue weighted by molar-refractivity contribution is -0.150. The van der Waals surface area contributed by atoms with Gasteiger partial charge in [-0.2, -0.15) is 0 Å². The predicted octanol–water partition coefficient (Wildman–Crippen LogP) is 0.704. The molecular weight excluding hydrogens is 256 g/mol. The number of hydrogen-bond donors (Lipinski definition) is 1. The largest absolute Gasteiger partial charge is 0.373 e. The van der Waals surface area contributed by atoms with Crippen LogP contribution in [-0.2, 0) is 16.1 Å². The van der Waals surface area contributed by atoms with Crippen molar-refractivity contribution in [2.24, 2.45) is 0 Å². The zero-order valence-electron chi connectivity index (χ0n) is 11.9. The molecular formula is C14H20N4O2. The Morgan fingerprint density at radius 2 is 1.90 bits per heavy atom. The summed E-state index contributed by atoms with van der Waals surface area (Å²) in [4.78, 5) is 31.4. The minimum absolute atomic E-state index is 0.00394. The highest BCUT2D eigenvalue weighted by Crippen LogP contribution is 2.11. The number of aromatic nitrogens is 1. The summed E-state index contributed by atoms with van der Waals surface area (Å²) >= 11 is 0. The second-order valence-corrected chi connectivity index (χ2v) is 4.87. The molecule has 6 nitrogen and oxygen atoms in total. The Morgan fingerprint density at radius 1 is 1.20 bits per heavy atom. The van der Waals surface area contributed by atoms with Gasteiger partial charge in [-0.05, 0) is 18.1 Å². The Hall–Kier alpha value is -2.11. The average Bonchev–Trinajstić information content (AvgIpc) is 2.45. The van der Waals surface area contributed by atoms with E-state index in [4.69, 9.17) is 0 Å². The lowest BCUT2D eigenvalue weighted by Crippen LogP contribution is -2.53. The number of pyridine rings is 1. The van der Waals surface area contributed by atoms with Crippen LogP contribution in [0.5, 0.6) is 0 Å². The average molecular weight is 276 g/mol. The zero-order chi connectivity index (χ0) is 14.5. The molecule has 0 bridgehead atoms.